The fourth-order valence-corrected chi connectivity index (χ4v) is 5.49. The molecule has 114 valence electrons. The average molecular weight is 347 g/mol. The molecule has 0 aliphatic heterocycles. The Bertz CT molecular complexity index is 839. The molecule has 0 fully saturated rings. The van der Waals surface area contributed by atoms with Crippen LogP contribution in [0, 0.1) is 0 Å². The maximum atomic E-state index is 11.7. The molecule has 1 aromatic heterocycles. The Labute approximate surface area is 126 Å². The Balaban J connectivity index is 2.19. The minimum Gasteiger partial charge on any atom is -0.399 e. The molecule has 0 aliphatic carbocycles. The topological polar surface area (TPSA) is 119 Å². The fraction of sp³-hybridized carbons (Fsp3) is 0.182. The summed E-state index contributed by atoms with van der Waals surface area (Å²) in [5.74, 6) is 0. The van der Waals surface area contributed by atoms with Crippen molar-refractivity contribution in [3.05, 3.63) is 29.6 Å². The van der Waals surface area contributed by atoms with Gasteiger partial charge in [0.05, 0.1) is 5.69 Å². The van der Waals surface area contributed by atoms with Crippen molar-refractivity contribution >= 4 is 42.0 Å². The molecule has 0 unspecified atom stereocenters. The second-order valence-electron chi connectivity index (χ2n) is 4.42. The van der Waals surface area contributed by atoms with Gasteiger partial charge < -0.3 is 5.73 Å². The highest BCUT2D eigenvalue weighted by atomic mass is 32.3. The SMILES string of the molecule is CS(=O)(=O)CS(=O)(=O)Nc1nc(-c2ccc(N)cc2)cs1. The quantitative estimate of drug-likeness (QED) is 0.783. The molecule has 3 N–H and O–H groups in total. The number of nitrogens with zero attached hydrogens (tertiary/aromatic N) is 1. The number of benzene rings is 1. The van der Waals surface area contributed by atoms with E-state index in [1.165, 1.54) is 0 Å². The van der Waals surface area contributed by atoms with Gasteiger partial charge in [-0.1, -0.05) is 12.1 Å². The van der Waals surface area contributed by atoms with Gasteiger partial charge in [-0.05, 0) is 12.1 Å². The molecule has 2 aromatic rings. The van der Waals surface area contributed by atoms with Crippen LogP contribution in [-0.4, -0.2) is 33.2 Å². The Kier molecular flexibility index (Phi) is 4.21. The molecule has 10 heteroatoms. The molecule has 1 aromatic carbocycles. The zero-order valence-corrected chi connectivity index (χ0v) is 13.4. The molecular formula is C11H13N3O4S3. The molecule has 0 aliphatic rings. The first-order chi connectivity index (χ1) is 9.65. The highest BCUT2D eigenvalue weighted by Gasteiger charge is 2.19. The molecule has 0 spiro atoms. The zero-order valence-electron chi connectivity index (χ0n) is 11.0. The molecule has 0 radical (unpaired) electrons. The lowest BCUT2D eigenvalue weighted by molar-refractivity contribution is 0.595. The van der Waals surface area contributed by atoms with Crippen LogP contribution in [0.3, 0.4) is 0 Å². The first kappa shape index (κ1) is 15.7. The second-order valence-corrected chi connectivity index (χ2v) is 9.51. The maximum absolute atomic E-state index is 11.7. The van der Waals surface area contributed by atoms with Crippen molar-refractivity contribution in [3.63, 3.8) is 0 Å². The fourth-order valence-electron chi connectivity index (χ4n) is 1.55. The van der Waals surface area contributed by atoms with E-state index < -0.39 is 24.9 Å². The molecule has 0 amide bonds. The number of anilines is 2. The molecule has 1 heterocycles. The predicted molar refractivity (Wildman–Crippen MR) is 84.2 cm³/mol. The summed E-state index contributed by atoms with van der Waals surface area (Å²) in [6.07, 6.45) is 0.855. The van der Waals surface area contributed by atoms with Crippen LogP contribution in [0.15, 0.2) is 29.6 Å². The lowest BCUT2D eigenvalue weighted by Gasteiger charge is -2.03. The zero-order chi connectivity index (χ0) is 15.7. The van der Waals surface area contributed by atoms with Gasteiger partial charge in [0.1, 0.15) is 0 Å². The van der Waals surface area contributed by atoms with Crippen molar-refractivity contribution in [1.29, 1.82) is 0 Å². The van der Waals surface area contributed by atoms with Gasteiger partial charge in [-0.15, -0.1) is 11.3 Å². The second kappa shape index (κ2) is 5.62. The summed E-state index contributed by atoms with van der Waals surface area (Å²) in [7, 11) is -7.62. The highest BCUT2D eigenvalue weighted by molar-refractivity contribution is 8.08. The van der Waals surface area contributed by atoms with Crippen molar-refractivity contribution in [1.82, 2.24) is 4.98 Å². The Morgan fingerprint density at radius 1 is 1.19 bits per heavy atom. The number of sulfone groups is 1. The van der Waals surface area contributed by atoms with E-state index in [9.17, 15) is 16.8 Å². The van der Waals surface area contributed by atoms with Gasteiger partial charge in [-0.3, -0.25) is 4.72 Å². The van der Waals surface area contributed by atoms with E-state index in [1.54, 1.807) is 29.6 Å². The monoisotopic (exact) mass is 347 g/mol. The summed E-state index contributed by atoms with van der Waals surface area (Å²) in [6.45, 7) is 0. The predicted octanol–water partition coefficient (Wildman–Crippen LogP) is 1.14. The molecule has 2 rings (SSSR count). The van der Waals surface area contributed by atoms with Crippen LogP contribution in [0.5, 0.6) is 0 Å². The first-order valence-corrected chi connectivity index (χ1v) is 10.2. The highest BCUT2D eigenvalue weighted by Crippen LogP contribution is 2.26. The van der Waals surface area contributed by atoms with Gasteiger partial charge in [0.15, 0.2) is 20.1 Å². The van der Waals surface area contributed by atoms with E-state index in [1.807, 2.05) is 0 Å². The van der Waals surface area contributed by atoms with E-state index in [0.717, 1.165) is 23.2 Å². The Hall–Kier alpha value is -1.65. The Morgan fingerprint density at radius 3 is 2.38 bits per heavy atom. The van der Waals surface area contributed by atoms with Crippen molar-refractivity contribution in [2.45, 2.75) is 0 Å². The molecule has 0 bridgehead atoms. The van der Waals surface area contributed by atoms with Crippen LogP contribution < -0.4 is 10.5 Å². The number of thiazole rings is 1. The van der Waals surface area contributed by atoms with Crippen molar-refractivity contribution in [2.24, 2.45) is 0 Å². The van der Waals surface area contributed by atoms with E-state index in [-0.39, 0.29) is 5.13 Å². The smallest absolute Gasteiger partial charge is 0.248 e. The first-order valence-electron chi connectivity index (χ1n) is 5.64. The lowest BCUT2D eigenvalue weighted by atomic mass is 10.2. The van der Waals surface area contributed by atoms with Crippen LogP contribution in [0.25, 0.3) is 11.3 Å². The summed E-state index contributed by atoms with van der Waals surface area (Å²) >= 11 is 1.07. The van der Waals surface area contributed by atoms with Crippen molar-refractivity contribution in [3.8, 4) is 11.3 Å². The third-order valence-electron chi connectivity index (χ3n) is 2.32. The number of rotatable bonds is 5. The number of nitrogens with one attached hydrogen (secondary N) is 1. The number of nitrogens with two attached hydrogens (primary N) is 1. The van der Waals surface area contributed by atoms with E-state index in [4.69, 9.17) is 5.73 Å². The third kappa shape index (κ3) is 4.69. The molecule has 21 heavy (non-hydrogen) atoms. The number of aromatic nitrogens is 1. The lowest BCUT2D eigenvalue weighted by Crippen LogP contribution is -2.22. The number of hydrogen-bond acceptors (Lipinski definition) is 7. The standard InChI is InChI=1S/C11H13N3O4S3/c1-20(15,16)7-21(17,18)14-11-13-10(6-19-11)8-2-4-9(12)5-3-8/h2-6H,7,12H2,1H3,(H,13,14). The number of sulfonamides is 1. The molecule has 7 nitrogen and oxygen atoms in total. The van der Waals surface area contributed by atoms with Crippen LogP contribution in [-0.2, 0) is 19.9 Å². The van der Waals surface area contributed by atoms with E-state index in [2.05, 4.69) is 9.71 Å². The number of nitrogen functional groups attached to an aromatic ring is 1. The molecule has 0 atom stereocenters. The maximum Gasteiger partial charge on any atom is 0.248 e. The van der Waals surface area contributed by atoms with Gasteiger partial charge in [-0.25, -0.2) is 21.8 Å². The Morgan fingerprint density at radius 2 is 1.81 bits per heavy atom. The van der Waals surface area contributed by atoms with Crippen molar-refractivity contribution in [2.75, 3.05) is 21.8 Å². The van der Waals surface area contributed by atoms with Gasteiger partial charge in [-0.2, -0.15) is 0 Å². The average Bonchev–Trinajstić information content (AvgIpc) is 2.74. The molecule has 0 saturated heterocycles. The minimum absolute atomic E-state index is 0.116. The normalized spacial score (nSPS) is 12.2. The summed E-state index contributed by atoms with van der Waals surface area (Å²) in [5.41, 5.74) is 7.57. The van der Waals surface area contributed by atoms with Crippen LogP contribution >= 0.6 is 11.3 Å². The van der Waals surface area contributed by atoms with Crippen LogP contribution in [0.2, 0.25) is 0 Å². The summed E-state index contributed by atoms with van der Waals surface area (Å²) in [5, 5.41) is 0.811. The van der Waals surface area contributed by atoms with Gasteiger partial charge in [0.25, 0.3) is 0 Å². The molecule has 0 saturated carbocycles. The van der Waals surface area contributed by atoms with Gasteiger partial charge in [0, 0.05) is 22.9 Å². The van der Waals surface area contributed by atoms with Crippen LogP contribution in [0.4, 0.5) is 10.8 Å². The summed E-state index contributed by atoms with van der Waals surface area (Å²) in [4.78, 5) is 4.12. The largest absolute Gasteiger partial charge is 0.399 e. The number of hydrogen-bond donors (Lipinski definition) is 2. The van der Waals surface area contributed by atoms with E-state index in [0.29, 0.717) is 11.4 Å². The third-order valence-corrected chi connectivity index (χ3v) is 6.67. The van der Waals surface area contributed by atoms with E-state index >= 15 is 0 Å². The van der Waals surface area contributed by atoms with Crippen LogP contribution in [0.1, 0.15) is 0 Å². The summed E-state index contributed by atoms with van der Waals surface area (Å²) < 4.78 is 47.6. The summed E-state index contributed by atoms with van der Waals surface area (Å²) in [6, 6.07) is 6.95. The minimum atomic E-state index is -3.98. The molecular weight excluding hydrogens is 334 g/mol. The van der Waals surface area contributed by atoms with Crippen molar-refractivity contribution < 1.29 is 16.8 Å². The van der Waals surface area contributed by atoms with Gasteiger partial charge in [0.2, 0.25) is 10.0 Å². The van der Waals surface area contributed by atoms with Gasteiger partial charge >= 0.3 is 0 Å².